The van der Waals surface area contributed by atoms with Crippen molar-refractivity contribution in [1.82, 2.24) is 0 Å². The maximum Gasteiger partial charge on any atom is 0.302 e. The Hall–Kier alpha value is -3.69. The van der Waals surface area contributed by atoms with Crippen LogP contribution in [0.3, 0.4) is 0 Å². The molecule has 0 fully saturated rings. The standard InChI is InChI=1S/C26H24O9/c1-9-16(28)14-17(29)13-11-8-12(27)22-15(18(30)23(31)26(4,5)35-22)21(11)33-24(13)32-20(14)10-6-7-25(2,3)34-19(9)10/h6-8,18,23,27-28,30-31H,1-5H3/t18-,23+/m0/s1. The molecule has 2 aromatic heterocycles. The van der Waals surface area contributed by atoms with Crippen molar-refractivity contribution in [3.63, 3.8) is 0 Å². The number of furan rings is 1. The van der Waals surface area contributed by atoms with Crippen LogP contribution in [-0.2, 0) is 0 Å². The number of aliphatic hydroxyl groups excluding tert-OH is 2. The van der Waals surface area contributed by atoms with Crippen molar-refractivity contribution >= 4 is 39.2 Å². The minimum atomic E-state index is -1.46. The monoisotopic (exact) mass is 480 g/mol. The van der Waals surface area contributed by atoms with Gasteiger partial charge < -0.3 is 38.7 Å². The second-order valence-corrected chi connectivity index (χ2v) is 10.3. The number of aromatic hydroxyl groups is 2. The Morgan fingerprint density at radius 2 is 1.63 bits per heavy atom. The average Bonchev–Trinajstić information content (AvgIpc) is 3.13. The summed E-state index contributed by atoms with van der Waals surface area (Å²) in [5, 5.41) is 43.2. The van der Waals surface area contributed by atoms with E-state index in [1.54, 1.807) is 26.8 Å². The molecular weight excluding hydrogens is 456 g/mol. The fourth-order valence-corrected chi connectivity index (χ4v) is 4.97. The number of fused-ring (bicyclic) bond motifs is 8. The highest BCUT2D eigenvalue weighted by atomic mass is 16.5. The van der Waals surface area contributed by atoms with E-state index < -0.39 is 28.8 Å². The van der Waals surface area contributed by atoms with Crippen LogP contribution in [0.15, 0.2) is 25.8 Å². The van der Waals surface area contributed by atoms with Crippen LogP contribution in [-0.4, -0.2) is 37.7 Å². The Balaban J connectivity index is 1.76. The van der Waals surface area contributed by atoms with Gasteiger partial charge in [-0.25, -0.2) is 0 Å². The number of hydrogen-bond donors (Lipinski definition) is 4. The van der Waals surface area contributed by atoms with Crippen LogP contribution < -0.4 is 14.9 Å². The fourth-order valence-electron chi connectivity index (χ4n) is 4.97. The molecule has 2 aliphatic rings. The van der Waals surface area contributed by atoms with Gasteiger partial charge >= 0.3 is 5.78 Å². The van der Waals surface area contributed by atoms with Crippen molar-refractivity contribution in [1.29, 1.82) is 0 Å². The molecule has 0 saturated heterocycles. The van der Waals surface area contributed by atoms with Gasteiger partial charge in [-0.05, 0) is 52.8 Å². The van der Waals surface area contributed by atoms with Crippen LogP contribution in [0.4, 0.5) is 0 Å². The summed E-state index contributed by atoms with van der Waals surface area (Å²) in [4.78, 5) is 13.7. The first-order chi connectivity index (χ1) is 16.3. The molecule has 6 rings (SSSR count). The Morgan fingerprint density at radius 1 is 0.943 bits per heavy atom. The molecule has 0 unspecified atom stereocenters. The van der Waals surface area contributed by atoms with Crippen molar-refractivity contribution in [3.05, 3.63) is 39.1 Å². The van der Waals surface area contributed by atoms with Gasteiger partial charge in [0.05, 0.1) is 11.1 Å². The molecule has 182 valence electrons. The lowest BCUT2D eigenvalue weighted by atomic mass is 9.87. The van der Waals surface area contributed by atoms with Crippen molar-refractivity contribution in [3.8, 4) is 23.0 Å². The molecular formula is C26H24O9. The maximum absolute atomic E-state index is 13.7. The van der Waals surface area contributed by atoms with Crippen LogP contribution in [0.2, 0.25) is 0 Å². The highest BCUT2D eigenvalue weighted by molar-refractivity contribution is 6.10. The molecule has 0 bridgehead atoms. The lowest BCUT2D eigenvalue weighted by molar-refractivity contribution is -0.112. The summed E-state index contributed by atoms with van der Waals surface area (Å²) in [6.45, 7) is 8.54. The minimum Gasteiger partial charge on any atom is -0.507 e. The maximum atomic E-state index is 13.7. The highest BCUT2D eigenvalue weighted by Crippen LogP contribution is 2.51. The van der Waals surface area contributed by atoms with E-state index >= 15 is 0 Å². The number of aliphatic hydroxyl groups is 2. The molecule has 4 heterocycles. The molecule has 9 heteroatoms. The Bertz CT molecular complexity index is 1680. The normalized spacial score (nSPS) is 22.1. The first kappa shape index (κ1) is 21.8. The SMILES string of the molecule is Cc1c2c(c3oc4oc5c6c(c(O)cc5c4c(=O)c3c1O)OC(C)(C)[C@H](O)[C@H]6O)C=CC(C)(C)O2. The zero-order valence-corrected chi connectivity index (χ0v) is 19.7. The van der Waals surface area contributed by atoms with Crippen LogP contribution in [0.5, 0.6) is 23.0 Å². The topological polar surface area (TPSA) is 143 Å². The van der Waals surface area contributed by atoms with Crippen LogP contribution in [0.25, 0.3) is 39.2 Å². The number of rotatable bonds is 0. The van der Waals surface area contributed by atoms with Gasteiger partial charge in [-0.1, -0.05) is 0 Å². The van der Waals surface area contributed by atoms with E-state index in [-0.39, 0.29) is 55.9 Å². The first-order valence-electron chi connectivity index (χ1n) is 11.2. The summed E-state index contributed by atoms with van der Waals surface area (Å²) in [5.41, 5.74) is -1.38. The van der Waals surface area contributed by atoms with E-state index in [1.165, 1.54) is 6.07 Å². The molecule has 2 aromatic carbocycles. The number of ether oxygens (including phenoxy) is 2. The molecule has 0 spiro atoms. The summed E-state index contributed by atoms with van der Waals surface area (Å²) < 4.78 is 23.7. The van der Waals surface area contributed by atoms with Gasteiger partial charge in [-0.3, -0.25) is 4.79 Å². The minimum absolute atomic E-state index is 0.00842. The molecule has 0 aliphatic carbocycles. The highest BCUT2D eigenvalue weighted by Gasteiger charge is 2.45. The van der Waals surface area contributed by atoms with E-state index in [2.05, 4.69) is 0 Å². The number of phenols is 2. The largest absolute Gasteiger partial charge is 0.507 e. The Labute approximate surface area is 198 Å². The van der Waals surface area contributed by atoms with Gasteiger partial charge in [0, 0.05) is 10.9 Å². The molecule has 9 nitrogen and oxygen atoms in total. The molecule has 2 atom stereocenters. The van der Waals surface area contributed by atoms with Gasteiger partial charge in [-0.15, -0.1) is 0 Å². The van der Waals surface area contributed by atoms with Crippen molar-refractivity contribution in [2.45, 2.75) is 58.0 Å². The lowest BCUT2D eigenvalue weighted by Gasteiger charge is -2.39. The van der Waals surface area contributed by atoms with Crippen LogP contribution in [0.1, 0.15) is 50.5 Å². The van der Waals surface area contributed by atoms with E-state index in [0.29, 0.717) is 16.9 Å². The second-order valence-electron chi connectivity index (χ2n) is 10.3. The Morgan fingerprint density at radius 3 is 2.34 bits per heavy atom. The van der Waals surface area contributed by atoms with Gasteiger partial charge in [-0.2, -0.15) is 0 Å². The zero-order valence-electron chi connectivity index (χ0n) is 19.7. The van der Waals surface area contributed by atoms with E-state index in [0.717, 1.165) is 0 Å². The average molecular weight is 480 g/mol. The quantitative estimate of drug-likeness (QED) is 0.292. The summed E-state index contributed by atoms with van der Waals surface area (Å²) in [5.74, 6) is -0.437. The van der Waals surface area contributed by atoms with Gasteiger partial charge in [0.25, 0.3) is 0 Å². The third-order valence-electron chi connectivity index (χ3n) is 6.90. The molecule has 2 aliphatic heterocycles. The lowest BCUT2D eigenvalue weighted by Crippen LogP contribution is -2.48. The predicted octanol–water partition coefficient (Wildman–Crippen LogP) is 4.16. The molecule has 4 N–H and O–H groups in total. The fraction of sp³-hybridized carbons (Fsp3) is 0.346. The third kappa shape index (κ3) is 2.73. The molecule has 35 heavy (non-hydrogen) atoms. The van der Waals surface area contributed by atoms with Crippen molar-refractivity contribution < 1.29 is 38.7 Å². The van der Waals surface area contributed by atoms with Crippen molar-refractivity contribution in [2.24, 2.45) is 0 Å². The third-order valence-corrected chi connectivity index (χ3v) is 6.90. The second kappa shape index (κ2) is 6.50. The van der Waals surface area contributed by atoms with Crippen molar-refractivity contribution in [2.75, 3.05) is 0 Å². The number of benzene rings is 2. The zero-order chi connectivity index (χ0) is 25.2. The van der Waals surface area contributed by atoms with Crippen LogP contribution >= 0.6 is 0 Å². The molecule has 0 radical (unpaired) electrons. The summed E-state index contributed by atoms with van der Waals surface area (Å²) in [6, 6.07) is 1.29. The van der Waals surface area contributed by atoms with Gasteiger partial charge in [0.2, 0.25) is 5.43 Å². The van der Waals surface area contributed by atoms with Crippen LogP contribution in [0, 0.1) is 6.92 Å². The van der Waals surface area contributed by atoms with Gasteiger partial charge in [0.1, 0.15) is 51.3 Å². The van der Waals surface area contributed by atoms with E-state index in [9.17, 15) is 25.2 Å². The summed E-state index contributed by atoms with van der Waals surface area (Å²) >= 11 is 0. The van der Waals surface area contributed by atoms with Gasteiger partial charge in [0.15, 0.2) is 17.1 Å². The molecule has 0 amide bonds. The number of hydrogen-bond acceptors (Lipinski definition) is 9. The smallest absolute Gasteiger partial charge is 0.302 e. The van der Waals surface area contributed by atoms with E-state index in [1.807, 2.05) is 19.9 Å². The summed E-state index contributed by atoms with van der Waals surface area (Å²) in [6.07, 6.45) is 0.796. The Kier molecular flexibility index (Phi) is 4.05. The first-order valence-corrected chi connectivity index (χ1v) is 11.2. The molecule has 0 saturated carbocycles. The predicted molar refractivity (Wildman–Crippen MR) is 127 cm³/mol. The van der Waals surface area contributed by atoms with E-state index in [4.69, 9.17) is 18.3 Å². The number of phenolic OH excluding ortho intramolecular Hbond substituents is 2. The summed E-state index contributed by atoms with van der Waals surface area (Å²) in [7, 11) is 0. The molecule has 4 aromatic rings.